The zero-order chi connectivity index (χ0) is 20.2. The molecule has 4 nitrogen and oxygen atoms in total. The predicted octanol–water partition coefficient (Wildman–Crippen LogP) is 4.27. The van der Waals surface area contributed by atoms with E-state index in [4.69, 9.17) is 11.5 Å². The van der Waals surface area contributed by atoms with E-state index >= 15 is 0 Å². The van der Waals surface area contributed by atoms with Gasteiger partial charge in [-0.2, -0.15) is 0 Å². The van der Waals surface area contributed by atoms with Crippen molar-refractivity contribution in [2.45, 2.75) is 24.7 Å². The minimum absolute atomic E-state index is 0.325. The maximum absolute atomic E-state index is 12.2. The quantitative estimate of drug-likeness (QED) is 0.644. The molecule has 3 aromatic rings. The first-order valence-corrected chi connectivity index (χ1v) is 10.2. The van der Waals surface area contributed by atoms with Crippen LogP contribution in [0.3, 0.4) is 0 Å². The van der Waals surface area contributed by atoms with Crippen LogP contribution in [0, 0.1) is 0 Å². The van der Waals surface area contributed by atoms with Crippen molar-refractivity contribution in [3.63, 3.8) is 0 Å². The Balaban J connectivity index is 1.51. The number of benzene rings is 3. The first-order valence-electron chi connectivity index (χ1n) is 10.2. The standard InChI is InChI=1S/C25H27N3O/c26-22-10-4-8-20(16-22)18-12-14-28(15-13-18)23-11-5-9-21(17-23)24(25(27)29)19-6-2-1-3-7-19/h1-11,16-18,24H,12-15,26H2,(H2,27,29). The second-order valence-electron chi connectivity index (χ2n) is 7.77. The molecule has 29 heavy (non-hydrogen) atoms. The van der Waals surface area contributed by atoms with Gasteiger partial charge in [0.15, 0.2) is 0 Å². The molecular weight excluding hydrogens is 358 g/mol. The number of carbonyl (C=O) groups excluding carboxylic acids is 1. The lowest BCUT2D eigenvalue weighted by atomic mass is 9.88. The molecule has 0 spiro atoms. The van der Waals surface area contributed by atoms with Gasteiger partial charge in [0.2, 0.25) is 5.91 Å². The molecular formula is C25H27N3O. The Morgan fingerprint density at radius 1 is 0.862 bits per heavy atom. The molecule has 1 heterocycles. The molecule has 1 aliphatic heterocycles. The van der Waals surface area contributed by atoms with Gasteiger partial charge in [0.1, 0.15) is 0 Å². The summed E-state index contributed by atoms with van der Waals surface area (Å²) in [4.78, 5) is 14.6. The van der Waals surface area contributed by atoms with Crippen molar-refractivity contribution in [1.29, 1.82) is 0 Å². The van der Waals surface area contributed by atoms with Crippen LogP contribution < -0.4 is 16.4 Å². The molecule has 4 rings (SSSR count). The lowest BCUT2D eigenvalue weighted by molar-refractivity contribution is -0.118. The summed E-state index contributed by atoms with van der Waals surface area (Å²) in [7, 11) is 0. The van der Waals surface area contributed by atoms with Crippen LogP contribution in [-0.2, 0) is 4.79 Å². The van der Waals surface area contributed by atoms with Gasteiger partial charge in [0, 0.05) is 24.5 Å². The SMILES string of the molecule is NC(=O)C(c1ccccc1)c1cccc(N2CCC(c3cccc(N)c3)CC2)c1. The molecule has 1 atom stereocenters. The number of nitrogens with zero attached hydrogens (tertiary/aromatic N) is 1. The van der Waals surface area contributed by atoms with Crippen LogP contribution in [0.15, 0.2) is 78.9 Å². The fraction of sp³-hybridized carbons (Fsp3) is 0.240. The van der Waals surface area contributed by atoms with E-state index in [0.717, 1.165) is 48.4 Å². The summed E-state index contributed by atoms with van der Waals surface area (Å²) in [6.45, 7) is 1.96. The molecule has 4 N–H and O–H groups in total. The molecule has 3 aromatic carbocycles. The monoisotopic (exact) mass is 385 g/mol. The first-order chi connectivity index (χ1) is 14.1. The summed E-state index contributed by atoms with van der Waals surface area (Å²) in [6.07, 6.45) is 2.18. The Bertz CT molecular complexity index is 978. The average molecular weight is 386 g/mol. The zero-order valence-corrected chi connectivity index (χ0v) is 16.5. The van der Waals surface area contributed by atoms with Gasteiger partial charge in [-0.3, -0.25) is 4.79 Å². The largest absolute Gasteiger partial charge is 0.399 e. The van der Waals surface area contributed by atoms with Crippen LogP contribution in [0.1, 0.15) is 41.4 Å². The van der Waals surface area contributed by atoms with Crippen molar-refractivity contribution in [2.24, 2.45) is 5.73 Å². The maximum Gasteiger partial charge on any atom is 0.229 e. The highest BCUT2D eigenvalue weighted by Gasteiger charge is 2.24. The highest BCUT2D eigenvalue weighted by atomic mass is 16.1. The normalized spacial score (nSPS) is 15.8. The third kappa shape index (κ3) is 4.27. The van der Waals surface area contributed by atoms with Gasteiger partial charge in [-0.25, -0.2) is 0 Å². The smallest absolute Gasteiger partial charge is 0.229 e. The van der Waals surface area contributed by atoms with Crippen molar-refractivity contribution >= 4 is 17.3 Å². The van der Waals surface area contributed by atoms with E-state index in [-0.39, 0.29) is 5.91 Å². The molecule has 0 saturated carbocycles. The third-order valence-corrected chi connectivity index (χ3v) is 5.86. The van der Waals surface area contributed by atoms with Crippen LogP contribution in [0.4, 0.5) is 11.4 Å². The highest BCUT2D eigenvalue weighted by molar-refractivity contribution is 5.86. The molecule has 1 amide bonds. The number of nitrogen functional groups attached to an aromatic ring is 1. The lowest BCUT2D eigenvalue weighted by Gasteiger charge is -2.34. The molecule has 1 aliphatic rings. The van der Waals surface area contributed by atoms with Crippen LogP contribution in [0.5, 0.6) is 0 Å². The minimum Gasteiger partial charge on any atom is -0.399 e. The number of primary amides is 1. The summed E-state index contributed by atoms with van der Waals surface area (Å²) >= 11 is 0. The maximum atomic E-state index is 12.2. The number of piperidine rings is 1. The molecule has 1 saturated heterocycles. The second kappa shape index (κ2) is 8.39. The van der Waals surface area contributed by atoms with Crippen LogP contribution in [-0.4, -0.2) is 19.0 Å². The van der Waals surface area contributed by atoms with Gasteiger partial charge in [0.05, 0.1) is 5.92 Å². The predicted molar refractivity (Wildman–Crippen MR) is 119 cm³/mol. The van der Waals surface area contributed by atoms with Gasteiger partial charge in [-0.1, -0.05) is 54.6 Å². The van der Waals surface area contributed by atoms with Crippen molar-refractivity contribution in [3.05, 3.63) is 95.6 Å². The van der Waals surface area contributed by atoms with Crippen LogP contribution in [0.2, 0.25) is 0 Å². The number of anilines is 2. The highest BCUT2D eigenvalue weighted by Crippen LogP contribution is 2.33. The Hall–Kier alpha value is -3.27. The number of rotatable bonds is 5. The van der Waals surface area contributed by atoms with E-state index in [2.05, 4.69) is 29.2 Å². The van der Waals surface area contributed by atoms with Gasteiger partial charge in [-0.15, -0.1) is 0 Å². The average Bonchev–Trinajstić information content (AvgIpc) is 2.75. The number of nitrogens with two attached hydrogens (primary N) is 2. The van der Waals surface area contributed by atoms with Gasteiger partial charge in [0.25, 0.3) is 0 Å². The van der Waals surface area contributed by atoms with E-state index in [0.29, 0.717) is 5.92 Å². The molecule has 4 heteroatoms. The second-order valence-corrected chi connectivity index (χ2v) is 7.77. The fourth-order valence-corrected chi connectivity index (χ4v) is 4.35. The van der Waals surface area contributed by atoms with Crippen molar-refractivity contribution in [2.75, 3.05) is 23.7 Å². The van der Waals surface area contributed by atoms with Crippen LogP contribution in [0.25, 0.3) is 0 Å². The molecule has 0 radical (unpaired) electrons. The van der Waals surface area contributed by atoms with Crippen molar-refractivity contribution < 1.29 is 4.79 Å². The minimum atomic E-state index is -0.430. The van der Waals surface area contributed by atoms with E-state index in [1.807, 2.05) is 54.6 Å². The summed E-state index contributed by atoms with van der Waals surface area (Å²) in [6, 6.07) is 26.2. The van der Waals surface area contributed by atoms with E-state index in [9.17, 15) is 4.79 Å². The fourth-order valence-electron chi connectivity index (χ4n) is 4.35. The molecule has 148 valence electrons. The number of amides is 1. The Labute approximate surface area is 172 Å². The van der Waals surface area contributed by atoms with E-state index < -0.39 is 5.92 Å². The molecule has 1 fully saturated rings. The van der Waals surface area contributed by atoms with E-state index in [1.54, 1.807) is 0 Å². The van der Waals surface area contributed by atoms with Gasteiger partial charge in [-0.05, 0) is 59.7 Å². The van der Waals surface area contributed by atoms with Crippen LogP contribution >= 0.6 is 0 Å². The van der Waals surface area contributed by atoms with Gasteiger partial charge >= 0.3 is 0 Å². The molecule has 0 bridgehead atoms. The lowest BCUT2D eigenvalue weighted by Crippen LogP contribution is -2.33. The Morgan fingerprint density at radius 3 is 2.24 bits per heavy atom. The Morgan fingerprint density at radius 2 is 1.55 bits per heavy atom. The third-order valence-electron chi connectivity index (χ3n) is 5.86. The summed E-state index contributed by atoms with van der Waals surface area (Å²) < 4.78 is 0. The van der Waals surface area contributed by atoms with Crippen molar-refractivity contribution in [1.82, 2.24) is 0 Å². The molecule has 0 aromatic heterocycles. The Kier molecular flexibility index (Phi) is 5.52. The molecule has 0 aliphatic carbocycles. The zero-order valence-electron chi connectivity index (χ0n) is 16.5. The van der Waals surface area contributed by atoms with E-state index in [1.165, 1.54) is 5.56 Å². The van der Waals surface area contributed by atoms with Crippen molar-refractivity contribution in [3.8, 4) is 0 Å². The first kappa shape index (κ1) is 19.1. The number of carbonyl (C=O) groups is 1. The summed E-state index contributed by atoms with van der Waals surface area (Å²) in [5.74, 6) is -0.213. The number of hydrogen-bond donors (Lipinski definition) is 2. The molecule has 1 unspecified atom stereocenters. The summed E-state index contributed by atoms with van der Waals surface area (Å²) in [5.41, 5.74) is 16.9. The van der Waals surface area contributed by atoms with Gasteiger partial charge < -0.3 is 16.4 Å². The number of hydrogen-bond acceptors (Lipinski definition) is 3. The topological polar surface area (TPSA) is 72.4 Å². The summed E-state index contributed by atoms with van der Waals surface area (Å²) in [5, 5.41) is 0.